The lowest BCUT2D eigenvalue weighted by molar-refractivity contribution is -0.132. The highest BCUT2D eigenvalue weighted by Crippen LogP contribution is 2.16. The first kappa shape index (κ1) is 30.2. The van der Waals surface area contributed by atoms with Gasteiger partial charge in [-0.1, -0.05) is 19.9 Å². The Morgan fingerprint density at radius 3 is 2.47 bits per heavy atom. The van der Waals surface area contributed by atoms with Crippen molar-refractivity contribution in [2.45, 2.75) is 59.6 Å². The number of amides is 2. The number of carbonyl (C=O) groups is 2. The summed E-state index contributed by atoms with van der Waals surface area (Å²) in [7, 11) is 0. The van der Waals surface area contributed by atoms with Gasteiger partial charge in [0.2, 0.25) is 5.91 Å². The molecule has 1 N–H and O–H groups in total. The Hall–Kier alpha value is -2.01. The van der Waals surface area contributed by atoms with E-state index in [1.54, 1.807) is 50.4 Å². The zero-order valence-corrected chi connectivity index (χ0v) is 19.8. The summed E-state index contributed by atoms with van der Waals surface area (Å²) in [6, 6.07) is -0.662. The van der Waals surface area contributed by atoms with Gasteiger partial charge in [-0.15, -0.1) is 12.8 Å². The number of thioether (sulfide) groups is 1. The highest BCUT2D eigenvalue weighted by atomic mass is 32.2. The van der Waals surface area contributed by atoms with Crippen LogP contribution in [0.1, 0.15) is 48.0 Å². The van der Waals surface area contributed by atoms with Crippen LogP contribution in [0, 0.1) is 12.8 Å². The van der Waals surface area contributed by atoms with Crippen LogP contribution < -0.4 is 5.32 Å². The van der Waals surface area contributed by atoms with Gasteiger partial charge in [0.25, 0.3) is 0 Å². The van der Waals surface area contributed by atoms with Crippen LogP contribution in [0.2, 0.25) is 0 Å². The standard InChI is InChI=1S/C18H28F2N2O3S.C2H6.C2H2/c1-5-13(10-14(20)11-19)6-7-22-8-9-26-12-15(16(22)23)21-17(24)25-18(2,3)4;2*1-2/h5,10,15H,6-9,11-12H2,1-4H3,(H,21,24);1-2H3;1-2H/b13-5-,14-10+;;. The topological polar surface area (TPSA) is 58.6 Å². The van der Waals surface area contributed by atoms with Gasteiger partial charge in [-0.05, 0) is 45.8 Å². The third-order valence-corrected chi connectivity index (χ3v) is 4.64. The second-order valence-corrected chi connectivity index (χ2v) is 8.09. The van der Waals surface area contributed by atoms with Gasteiger partial charge in [-0.2, -0.15) is 11.8 Å². The van der Waals surface area contributed by atoms with Crippen molar-refractivity contribution >= 4 is 23.8 Å². The monoisotopic (exact) mass is 446 g/mol. The number of terminal acetylenes is 1. The molecule has 1 atom stereocenters. The maximum Gasteiger partial charge on any atom is 0.408 e. The molecule has 1 rings (SSSR count). The fourth-order valence-corrected chi connectivity index (χ4v) is 3.33. The first-order valence-corrected chi connectivity index (χ1v) is 11.1. The SMILES string of the molecule is C#C.C/C=C(\C=C(\F)CF)CCN1CCSCC(NC(=O)OC(C)(C)C)C1=O.CC. The van der Waals surface area contributed by atoms with E-state index in [-0.39, 0.29) is 5.91 Å². The van der Waals surface area contributed by atoms with Gasteiger partial charge in [-0.3, -0.25) is 4.79 Å². The van der Waals surface area contributed by atoms with E-state index in [4.69, 9.17) is 4.74 Å². The molecular formula is C22H36F2N2O3S. The minimum absolute atomic E-state index is 0.189. The van der Waals surface area contributed by atoms with Crippen molar-refractivity contribution in [3.63, 3.8) is 0 Å². The minimum atomic E-state index is -1.14. The lowest BCUT2D eigenvalue weighted by Gasteiger charge is -2.26. The molecule has 0 radical (unpaired) electrons. The Morgan fingerprint density at radius 2 is 1.97 bits per heavy atom. The van der Waals surface area contributed by atoms with Crippen LogP contribution in [0.15, 0.2) is 23.6 Å². The second kappa shape index (κ2) is 16.8. The first-order valence-electron chi connectivity index (χ1n) is 9.93. The van der Waals surface area contributed by atoms with Gasteiger partial charge in [0.15, 0.2) is 0 Å². The number of nitrogens with one attached hydrogen (secondary N) is 1. The van der Waals surface area contributed by atoms with Crippen LogP contribution in [0.25, 0.3) is 0 Å². The summed E-state index contributed by atoms with van der Waals surface area (Å²) in [6.07, 6.45) is 10.6. The van der Waals surface area contributed by atoms with Crippen molar-refractivity contribution in [3.8, 4) is 12.8 Å². The average molecular weight is 447 g/mol. The molecule has 0 bridgehead atoms. The largest absolute Gasteiger partial charge is 0.444 e. The Kier molecular flexibility index (Phi) is 16.9. The molecule has 0 spiro atoms. The molecule has 172 valence electrons. The summed E-state index contributed by atoms with van der Waals surface area (Å²) in [6.45, 7) is 10.8. The van der Waals surface area contributed by atoms with E-state index in [1.807, 2.05) is 13.8 Å². The molecule has 1 saturated heterocycles. The first-order chi connectivity index (χ1) is 14.2. The molecule has 1 fully saturated rings. The lowest BCUT2D eigenvalue weighted by Crippen LogP contribution is -2.50. The average Bonchev–Trinajstić information content (AvgIpc) is 2.88. The summed E-state index contributed by atoms with van der Waals surface area (Å²) in [5.41, 5.74) is -0.0141. The zero-order valence-electron chi connectivity index (χ0n) is 19.0. The van der Waals surface area contributed by atoms with Crippen LogP contribution in [-0.2, 0) is 9.53 Å². The van der Waals surface area contributed by atoms with Crippen molar-refractivity contribution in [3.05, 3.63) is 23.6 Å². The third kappa shape index (κ3) is 13.3. The molecule has 1 aliphatic rings. The number of allylic oxidation sites excluding steroid dienone is 3. The highest BCUT2D eigenvalue weighted by Gasteiger charge is 2.30. The van der Waals surface area contributed by atoms with E-state index in [0.717, 1.165) is 11.8 Å². The quantitative estimate of drug-likeness (QED) is 0.466. The van der Waals surface area contributed by atoms with Crippen LogP contribution in [0.5, 0.6) is 0 Å². The van der Waals surface area contributed by atoms with Crippen molar-refractivity contribution in [2.24, 2.45) is 0 Å². The van der Waals surface area contributed by atoms with E-state index < -0.39 is 30.2 Å². The van der Waals surface area contributed by atoms with Gasteiger partial charge in [0, 0.05) is 24.6 Å². The van der Waals surface area contributed by atoms with Gasteiger partial charge in [0.05, 0.1) is 0 Å². The van der Waals surface area contributed by atoms with E-state index >= 15 is 0 Å². The Morgan fingerprint density at radius 1 is 1.37 bits per heavy atom. The Labute approximate surface area is 184 Å². The predicted molar refractivity (Wildman–Crippen MR) is 122 cm³/mol. The van der Waals surface area contributed by atoms with Gasteiger partial charge >= 0.3 is 6.09 Å². The van der Waals surface area contributed by atoms with E-state index in [2.05, 4.69) is 18.2 Å². The molecule has 30 heavy (non-hydrogen) atoms. The number of carbonyl (C=O) groups excluding carboxylic acids is 2. The van der Waals surface area contributed by atoms with Crippen LogP contribution in [-0.4, -0.2) is 59.8 Å². The van der Waals surface area contributed by atoms with E-state index in [9.17, 15) is 18.4 Å². The van der Waals surface area contributed by atoms with Crippen molar-refractivity contribution in [1.29, 1.82) is 0 Å². The Bertz CT molecular complexity index is 599. The lowest BCUT2D eigenvalue weighted by atomic mass is 10.1. The van der Waals surface area contributed by atoms with Gasteiger partial charge < -0.3 is 15.0 Å². The molecule has 0 saturated carbocycles. The van der Waals surface area contributed by atoms with Crippen LogP contribution in [0.3, 0.4) is 0 Å². The second-order valence-electron chi connectivity index (χ2n) is 6.94. The predicted octanol–water partition coefficient (Wildman–Crippen LogP) is 4.89. The molecule has 0 aliphatic carbocycles. The fourth-order valence-electron chi connectivity index (χ4n) is 2.36. The molecule has 0 aromatic rings. The molecule has 1 aliphatic heterocycles. The summed E-state index contributed by atoms with van der Waals surface area (Å²) in [4.78, 5) is 26.3. The highest BCUT2D eigenvalue weighted by molar-refractivity contribution is 7.99. The van der Waals surface area contributed by atoms with E-state index in [0.29, 0.717) is 30.8 Å². The van der Waals surface area contributed by atoms with Crippen LogP contribution in [0.4, 0.5) is 13.6 Å². The smallest absolute Gasteiger partial charge is 0.408 e. The van der Waals surface area contributed by atoms with E-state index in [1.165, 1.54) is 0 Å². The number of hydrogen-bond donors (Lipinski definition) is 1. The van der Waals surface area contributed by atoms with Crippen LogP contribution >= 0.6 is 11.8 Å². The number of alkyl carbamates (subject to hydrolysis) is 1. The maximum absolute atomic E-state index is 13.1. The number of rotatable bonds is 6. The van der Waals surface area contributed by atoms with Gasteiger partial charge in [0.1, 0.15) is 24.1 Å². The number of hydrogen-bond acceptors (Lipinski definition) is 4. The summed E-state index contributed by atoms with van der Waals surface area (Å²) < 4.78 is 30.6. The third-order valence-electron chi connectivity index (χ3n) is 3.60. The minimum Gasteiger partial charge on any atom is -0.444 e. The maximum atomic E-state index is 13.1. The zero-order chi connectivity index (χ0) is 23.7. The number of ether oxygens (including phenoxy) is 1. The molecule has 5 nitrogen and oxygen atoms in total. The summed E-state index contributed by atoms with van der Waals surface area (Å²) in [5, 5.41) is 2.63. The van der Waals surface area contributed by atoms with Crippen molar-refractivity contribution < 1.29 is 23.1 Å². The van der Waals surface area contributed by atoms with Crippen molar-refractivity contribution in [1.82, 2.24) is 10.2 Å². The summed E-state index contributed by atoms with van der Waals surface area (Å²) in [5.74, 6) is 0.200. The molecule has 0 aromatic heterocycles. The normalized spacial score (nSPS) is 17.6. The number of nitrogens with zero attached hydrogens (tertiary/aromatic N) is 1. The Balaban J connectivity index is 0. The number of alkyl halides is 1. The fraction of sp³-hybridized carbons (Fsp3) is 0.636. The molecule has 1 unspecified atom stereocenters. The molecule has 2 amide bonds. The molecule has 8 heteroatoms. The number of halogens is 2. The summed E-state index contributed by atoms with van der Waals surface area (Å²) >= 11 is 1.58. The molecular weight excluding hydrogens is 410 g/mol. The molecule has 0 aromatic carbocycles. The van der Waals surface area contributed by atoms with Crippen molar-refractivity contribution in [2.75, 3.05) is 31.3 Å². The molecule has 1 heterocycles. The van der Waals surface area contributed by atoms with Gasteiger partial charge in [-0.25, -0.2) is 13.6 Å².